The highest BCUT2D eigenvalue weighted by Gasteiger charge is 2.61. The van der Waals surface area contributed by atoms with Crippen LogP contribution in [0.2, 0.25) is 36.3 Å². The first-order valence-corrected chi connectivity index (χ1v) is 18.6. The predicted molar refractivity (Wildman–Crippen MR) is 137 cm³/mol. The largest absolute Gasteiger partial charge is 0.405 e. The average Bonchev–Trinajstić information content (AvgIpc) is 3.47. The highest BCUT2D eigenvalue weighted by Crippen LogP contribution is 2.46. The summed E-state index contributed by atoms with van der Waals surface area (Å²) < 4.78 is 26.8. The third-order valence-electron chi connectivity index (χ3n) is 8.62. The van der Waals surface area contributed by atoms with Gasteiger partial charge in [-0.05, 0) is 61.6 Å². The molecule has 2 atom stereocenters. The van der Waals surface area contributed by atoms with E-state index in [1.165, 1.54) is 6.42 Å². The van der Waals surface area contributed by atoms with Gasteiger partial charge in [0.15, 0.2) is 16.6 Å². The van der Waals surface area contributed by atoms with Crippen molar-refractivity contribution in [2.45, 2.75) is 115 Å². The Morgan fingerprint density at radius 2 is 1.36 bits per heavy atom. The van der Waals surface area contributed by atoms with Gasteiger partial charge >= 0.3 is 0 Å². The number of carbonyl (C=O) groups is 1. The van der Waals surface area contributed by atoms with Crippen molar-refractivity contribution in [1.82, 2.24) is 4.90 Å². The smallest absolute Gasteiger partial charge is 0.252 e. The van der Waals surface area contributed by atoms with Gasteiger partial charge in [0.1, 0.15) is 12.2 Å². The molecular weight excluding hydrogens is 450 g/mol. The number of carbonyl (C=O) groups excluding carboxylic acids is 1. The molecule has 8 heteroatoms. The van der Waals surface area contributed by atoms with Crippen LogP contribution in [-0.2, 0) is 23.1 Å². The van der Waals surface area contributed by atoms with Crippen LogP contribution in [0.1, 0.15) is 60.8 Å². The van der Waals surface area contributed by atoms with Crippen LogP contribution in [0.25, 0.3) is 0 Å². The zero-order chi connectivity index (χ0) is 24.1. The summed E-state index contributed by atoms with van der Waals surface area (Å²) in [5, 5.41) is 0. The molecule has 3 aliphatic rings. The molecule has 6 nitrogen and oxygen atoms in total. The summed E-state index contributed by atoms with van der Waals surface area (Å²) in [6, 6.07) is 6.17. The Morgan fingerprint density at radius 1 is 0.879 bits per heavy atom. The van der Waals surface area contributed by atoms with E-state index in [2.05, 4.69) is 41.5 Å². The minimum atomic E-state index is -2.04. The zero-order valence-corrected chi connectivity index (χ0v) is 23.9. The number of hydrogen-bond acceptors (Lipinski definition) is 5. The van der Waals surface area contributed by atoms with Gasteiger partial charge in [0.2, 0.25) is 5.79 Å². The summed E-state index contributed by atoms with van der Waals surface area (Å²) in [5.74, 6) is -0.941. The van der Waals surface area contributed by atoms with Crippen molar-refractivity contribution < 1.29 is 23.1 Å². The van der Waals surface area contributed by atoms with Gasteiger partial charge in [-0.25, -0.2) is 0 Å². The summed E-state index contributed by atoms with van der Waals surface area (Å²) >= 11 is 0. The normalized spacial score (nSPS) is 25.6. The van der Waals surface area contributed by atoms with Gasteiger partial charge < -0.3 is 23.2 Å². The summed E-state index contributed by atoms with van der Waals surface area (Å²) in [7, 11) is -4.01. The second-order valence-corrected chi connectivity index (χ2v) is 19.4. The molecule has 1 amide bonds. The van der Waals surface area contributed by atoms with Gasteiger partial charge in [-0.15, -0.1) is 0 Å². The van der Waals surface area contributed by atoms with E-state index in [-0.39, 0.29) is 5.91 Å². The number of piperidine rings is 1. The molecule has 0 aromatic rings. The monoisotopic (exact) mass is 497 g/mol. The van der Waals surface area contributed by atoms with Gasteiger partial charge in [0.05, 0.1) is 13.2 Å². The molecule has 1 spiro atoms. The van der Waals surface area contributed by atoms with Crippen LogP contribution in [0.3, 0.4) is 0 Å². The molecule has 0 aromatic heterocycles. The van der Waals surface area contributed by atoms with Crippen LogP contribution in [0.15, 0.2) is 11.6 Å². The number of ether oxygens (including phenoxy) is 2. The quantitative estimate of drug-likeness (QED) is 0.355. The average molecular weight is 498 g/mol. The topological polar surface area (TPSA) is 57.2 Å². The number of amides is 1. The molecule has 33 heavy (non-hydrogen) atoms. The fraction of sp³-hybridized carbons (Fsp3) is 0.880. The molecule has 2 saturated heterocycles. The lowest BCUT2D eigenvalue weighted by Gasteiger charge is -2.43. The number of hydrogen-bond donors (Lipinski definition) is 0. The van der Waals surface area contributed by atoms with Gasteiger partial charge in [0.25, 0.3) is 5.91 Å². The molecule has 190 valence electrons. The molecule has 0 bridgehead atoms. The second kappa shape index (κ2) is 11.5. The van der Waals surface area contributed by atoms with Crippen LogP contribution >= 0.6 is 0 Å². The highest BCUT2D eigenvalue weighted by atomic mass is 28.4. The SMILES string of the molecule is CC[Si](CC)(CC)O[C@H]1C=C(C(=O)N2CCCCC2)[C@@H](O[Si](CC)(CC)CC)C12OCCO2. The first kappa shape index (κ1) is 27.1. The van der Waals surface area contributed by atoms with E-state index in [0.717, 1.165) is 62.2 Å². The van der Waals surface area contributed by atoms with E-state index >= 15 is 0 Å². The van der Waals surface area contributed by atoms with E-state index in [0.29, 0.717) is 18.8 Å². The predicted octanol–water partition coefficient (Wildman–Crippen LogP) is 5.46. The summed E-state index contributed by atoms with van der Waals surface area (Å²) in [6.45, 7) is 16.0. The highest BCUT2D eigenvalue weighted by molar-refractivity contribution is 6.74. The van der Waals surface area contributed by atoms with Crippen molar-refractivity contribution in [2.24, 2.45) is 0 Å². The molecule has 2 fully saturated rings. The third-order valence-corrected chi connectivity index (χ3v) is 17.8. The summed E-state index contributed by atoms with van der Waals surface area (Å²) in [6.07, 6.45) is 4.46. The molecule has 2 aliphatic heterocycles. The van der Waals surface area contributed by atoms with Crippen molar-refractivity contribution in [3.8, 4) is 0 Å². The molecule has 0 N–H and O–H groups in total. The maximum absolute atomic E-state index is 13.9. The van der Waals surface area contributed by atoms with Gasteiger partial charge in [-0.2, -0.15) is 0 Å². The van der Waals surface area contributed by atoms with Crippen LogP contribution in [-0.4, -0.2) is 71.7 Å². The summed E-state index contributed by atoms with van der Waals surface area (Å²) in [4.78, 5) is 15.9. The van der Waals surface area contributed by atoms with Crippen LogP contribution in [0, 0.1) is 0 Å². The minimum absolute atomic E-state index is 0.0900. The van der Waals surface area contributed by atoms with Crippen LogP contribution in [0.5, 0.6) is 0 Å². The van der Waals surface area contributed by atoms with Crippen molar-refractivity contribution in [3.05, 3.63) is 11.6 Å². The fourth-order valence-electron chi connectivity index (χ4n) is 5.74. The van der Waals surface area contributed by atoms with E-state index in [4.69, 9.17) is 18.3 Å². The number of nitrogens with zero attached hydrogens (tertiary/aromatic N) is 1. The lowest BCUT2D eigenvalue weighted by atomic mass is 10.0. The Labute approximate surface area is 203 Å². The Bertz CT molecular complexity index is 664. The first-order chi connectivity index (χ1) is 15.9. The molecule has 0 aromatic carbocycles. The van der Waals surface area contributed by atoms with Gasteiger partial charge in [-0.1, -0.05) is 41.5 Å². The Kier molecular flexibility index (Phi) is 9.42. The van der Waals surface area contributed by atoms with Crippen molar-refractivity contribution >= 4 is 22.5 Å². The molecule has 3 rings (SSSR count). The lowest BCUT2D eigenvalue weighted by molar-refractivity contribution is -0.233. The molecule has 0 unspecified atom stereocenters. The van der Waals surface area contributed by atoms with Crippen molar-refractivity contribution in [3.63, 3.8) is 0 Å². The summed E-state index contributed by atoms with van der Waals surface area (Å²) in [5.41, 5.74) is 0.710. The molecule has 2 heterocycles. The van der Waals surface area contributed by atoms with Crippen LogP contribution in [0.4, 0.5) is 0 Å². The van der Waals surface area contributed by atoms with E-state index in [1.807, 2.05) is 11.0 Å². The molecule has 0 saturated carbocycles. The maximum atomic E-state index is 13.9. The third kappa shape index (κ3) is 5.21. The van der Waals surface area contributed by atoms with Crippen molar-refractivity contribution in [2.75, 3.05) is 26.3 Å². The van der Waals surface area contributed by atoms with Crippen molar-refractivity contribution in [1.29, 1.82) is 0 Å². The molecule has 0 radical (unpaired) electrons. The number of rotatable bonds is 11. The van der Waals surface area contributed by atoms with Gasteiger partial charge in [-0.3, -0.25) is 4.79 Å². The van der Waals surface area contributed by atoms with E-state index in [1.54, 1.807) is 0 Å². The minimum Gasteiger partial charge on any atom is -0.405 e. The van der Waals surface area contributed by atoms with E-state index < -0.39 is 34.6 Å². The Hall–Kier alpha value is -0.516. The first-order valence-electron chi connectivity index (χ1n) is 13.5. The Morgan fingerprint density at radius 3 is 1.85 bits per heavy atom. The van der Waals surface area contributed by atoms with Gasteiger partial charge in [0, 0.05) is 18.7 Å². The lowest BCUT2D eigenvalue weighted by Crippen LogP contribution is -2.58. The van der Waals surface area contributed by atoms with Crippen LogP contribution < -0.4 is 0 Å². The van der Waals surface area contributed by atoms with E-state index in [9.17, 15) is 4.79 Å². The maximum Gasteiger partial charge on any atom is 0.252 e. The molecule has 1 aliphatic carbocycles. The zero-order valence-electron chi connectivity index (χ0n) is 21.9. The molecular formula is C25H47NO5Si2. The fourth-order valence-corrected chi connectivity index (χ4v) is 11.3. The number of likely N-dealkylation sites (tertiary alicyclic amines) is 1. The standard InChI is InChI=1S/C25H47NO5Si2/c1-7-32(8-2,9-3)30-22-20-21(24(27)26-16-14-13-15-17-26)23(25(22)28-18-19-29-25)31-33(10-4,11-5)12-6/h20,22-23H,7-19H2,1-6H3/t22-,23+/m0/s1. The Balaban J connectivity index is 2.03. The second-order valence-electron chi connectivity index (χ2n) is 9.92.